The highest BCUT2D eigenvalue weighted by molar-refractivity contribution is 8.03. The average molecular weight is 631 g/mol. The number of anilines is 1. The lowest BCUT2D eigenvalue weighted by molar-refractivity contribution is -0.655. The van der Waals surface area contributed by atoms with Crippen LogP contribution < -0.4 is 23.7 Å². The van der Waals surface area contributed by atoms with E-state index in [1.165, 1.54) is 16.3 Å². The summed E-state index contributed by atoms with van der Waals surface area (Å²) in [6.07, 6.45) is 3.53. The summed E-state index contributed by atoms with van der Waals surface area (Å²) in [5.74, 6) is -0.211. The second-order valence-corrected chi connectivity index (χ2v) is 13.7. The number of hydrogen-bond acceptors (Lipinski definition) is 9. The van der Waals surface area contributed by atoms with Crippen molar-refractivity contribution in [2.24, 2.45) is 0 Å². The number of imidazole rings is 1. The summed E-state index contributed by atoms with van der Waals surface area (Å²) in [7, 11) is -8.27. The van der Waals surface area contributed by atoms with E-state index in [2.05, 4.69) is 11.6 Å². The van der Waals surface area contributed by atoms with Gasteiger partial charge in [0.25, 0.3) is 25.8 Å². The van der Waals surface area contributed by atoms with Crippen molar-refractivity contribution < 1.29 is 40.2 Å². The lowest BCUT2D eigenvalue weighted by atomic mass is 10.2. The number of hydrogen-bond donors (Lipinski definition) is 3. The van der Waals surface area contributed by atoms with E-state index in [4.69, 9.17) is 21.1 Å². The first kappa shape index (κ1) is 28.4. The number of H-pyrrole nitrogens is 1. The minimum atomic E-state index is -4.18. The van der Waals surface area contributed by atoms with Gasteiger partial charge < -0.3 is 14.4 Å². The van der Waals surface area contributed by atoms with Crippen LogP contribution in [-0.2, 0) is 37.4 Å². The molecule has 0 atom stereocenters. The number of carbonyl (C=O) groups excluding carboxylic acids is 1. The number of nitrogens with one attached hydrogen (secondary N) is 2. The Morgan fingerprint density at radius 3 is 2.67 bits per heavy atom. The van der Waals surface area contributed by atoms with Gasteiger partial charge in [0, 0.05) is 42.6 Å². The highest BCUT2D eigenvalue weighted by atomic mass is 35.5. The number of aromatic nitrogens is 3. The van der Waals surface area contributed by atoms with Crippen LogP contribution in [0.1, 0.15) is 19.2 Å². The summed E-state index contributed by atoms with van der Waals surface area (Å²) < 4.78 is 74.1. The highest BCUT2D eigenvalue weighted by Crippen LogP contribution is 2.51. The maximum Gasteiger partial charge on any atom is 0.268 e. The van der Waals surface area contributed by atoms with Gasteiger partial charge in [-0.15, -0.1) is 0 Å². The summed E-state index contributed by atoms with van der Waals surface area (Å²) >= 11 is 7.60. The lowest BCUT2D eigenvalue weighted by Crippen LogP contribution is -2.45. The van der Waals surface area contributed by atoms with Crippen molar-refractivity contribution >= 4 is 72.3 Å². The van der Waals surface area contributed by atoms with Crippen molar-refractivity contribution in [3.8, 4) is 11.5 Å². The Morgan fingerprint density at radius 1 is 1.27 bits per heavy atom. The van der Waals surface area contributed by atoms with Crippen LogP contribution in [0, 0.1) is 0 Å². The van der Waals surface area contributed by atoms with Crippen molar-refractivity contribution in [3.05, 3.63) is 46.9 Å². The molecule has 4 heterocycles. The molecule has 0 saturated carbocycles. The fourth-order valence-corrected chi connectivity index (χ4v) is 7.49. The number of aromatic amines is 1. The van der Waals surface area contributed by atoms with E-state index in [1.54, 1.807) is 24.3 Å². The molecule has 17 heteroatoms. The van der Waals surface area contributed by atoms with E-state index in [9.17, 15) is 26.2 Å². The molecule has 2 aliphatic heterocycles. The van der Waals surface area contributed by atoms with E-state index >= 15 is 0 Å². The normalized spacial score (nSPS) is 15.7. The quantitative estimate of drug-likeness (QED) is 0.172. The van der Waals surface area contributed by atoms with E-state index in [-0.39, 0.29) is 24.9 Å². The number of halogens is 1. The number of amides is 1. The maximum atomic E-state index is 12.8. The third-order valence-corrected chi connectivity index (χ3v) is 9.33. The van der Waals surface area contributed by atoms with Gasteiger partial charge in [-0.05, 0) is 18.0 Å². The number of nitrogens with zero attached hydrogens (tertiary/aromatic N) is 3. The van der Waals surface area contributed by atoms with Crippen LogP contribution in [0.5, 0.6) is 11.5 Å². The Morgan fingerprint density at radius 2 is 2.00 bits per heavy atom. The first-order chi connectivity index (χ1) is 18.8. The molecule has 5 rings (SSSR count). The molecule has 13 nitrogen and oxygen atoms in total. The standard InChI is InChI=1S/C23H24ClN5O8S3/c1-3-5-27-16-9-20(24)25-23(16)29(12-39(31,32)26-14(2)30)21(27)11-22-28(6-4-7-40(33,34)35)15-8-17-18(37-13-36-17)10-19(15)38-22/h3,8-11,25H,1,4-7,12-13H2,2H3,(H-,26,30,33,34,35)/p+1. The fraction of sp³-hybridized carbons (Fsp3) is 0.304. The molecular weight excluding hydrogens is 606 g/mol. The molecule has 1 aromatic carbocycles. The average Bonchev–Trinajstić information content (AvgIpc) is 3.57. The minimum Gasteiger partial charge on any atom is -0.454 e. The third-order valence-electron chi connectivity index (χ3n) is 6.03. The smallest absolute Gasteiger partial charge is 0.268 e. The number of sulfonamides is 1. The van der Waals surface area contributed by atoms with Crippen LogP contribution in [0.25, 0.3) is 17.2 Å². The number of thioether (sulfide) groups is 1. The molecule has 1 amide bonds. The summed E-state index contributed by atoms with van der Waals surface area (Å²) in [6, 6.07) is 5.27. The van der Waals surface area contributed by atoms with Crippen molar-refractivity contribution in [1.82, 2.24) is 14.3 Å². The predicted molar refractivity (Wildman–Crippen MR) is 149 cm³/mol. The number of rotatable bonds is 10. The molecule has 0 aliphatic carbocycles. The highest BCUT2D eigenvalue weighted by Gasteiger charge is 2.33. The summed E-state index contributed by atoms with van der Waals surface area (Å²) in [5.41, 5.74) is 1.75. The molecule has 0 saturated heterocycles. The van der Waals surface area contributed by atoms with Crippen LogP contribution in [0.4, 0.5) is 5.69 Å². The molecule has 0 bridgehead atoms. The van der Waals surface area contributed by atoms with Gasteiger partial charge in [0.2, 0.25) is 18.5 Å². The topological polar surface area (TPSA) is 164 Å². The van der Waals surface area contributed by atoms with Crippen LogP contribution in [0.2, 0.25) is 5.15 Å². The first-order valence-electron chi connectivity index (χ1n) is 11.8. The van der Waals surface area contributed by atoms with Gasteiger partial charge in [0.1, 0.15) is 0 Å². The number of allylic oxidation sites excluding steroid dienone is 1. The first-order valence-corrected chi connectivity index (χ1v) is 16.3. The van der Waals surface area contributed by atoms with Gasteiger partial charge in [-0.2, -0.15) is 8.42 Å². The molecule has 0 fully saturated rings. The van der Waals surface area contributed by atoms with Crippen molar-refractivity contribution in [1.29, 1.82) is 0 Å². The van der Waals surface area contributed by atoms with Gasteiger partial charge in [0.05, 0.1) is 23.0 Å². The third kappa shape index (κ3) is 5.81. The monoisotopic (exact) mass is 630 g/mol. The number of fused-ring (bicyclic) bond motifs is 3. The Hall–Kier alpha value is -3.18. The Bertz CT molecular complexity index is 1780. The van der Waals surface area contributed by atoms with Crippen LogP contribution in [0.3, 0.4) is 0 Å². The van der Waals surface area contributed by atoms with Gasteiger partial charge >= 0.3 is 0 Å². The molecule has 0 spiro atoms. The zero-order valence-corrected chi connectivity index (χ0v) is 24.3. The van der Waals surface area contributed by atoms with Gasteiger partial charge in [-0.3, -0.25) is 19.1 Å². The van der Waals surface area contributed by atoms with E-state index in [1.807, 2.05) is 20.3 Å². The SMILES string of the molecule is C=CCn1c(C=C2Sc3cc4c(cc3N2CCCS(=O)(=O)O)OCO4)[n+](CS(=O)(=O)NC(C)=O)c2[nH]c(Cl)cc21. The van der Waals surface area contributed by atoms with E-state index < -0.39 is 37.7 Å². The van der Waals surface area contributed by atoms with E-state index in [0.29, 0.717) is 40.1 Å². The Labute approximate surface area is 239 Å². The lowest BCUT2D eigenvalue weighted by Gasteiger charge is -2.20. The molecule has 0 unspecified atom stereocenters. The van der Waals surface area contributed by atoms with Crippen molar-refractivity contribution in [2.45, 2.75) is 30.7 Å². The van der Waals surface area contributed by atoms with Crippen LogP contribution in [0.15, 0.2) is 40.8 Å². The van der Waals surface area contributed by atoms with Crippen molar-refractivity contribution in [2.75, 3.05) is 24.0 Å². The molecule has 2 aromatic heterocycles. The number of ether oxygens (including phenoxy) is 2. The largest absolute Gasteiger partial charge is 0.454 e. The van der Waals surface area contributed by atoms with Crippen molar-refractivity contribution in [3.63, 3.8) is 0 Å². The summed E-state index contributed by atoms with van der Waals surface area (Å²) in [5, 5.41) is 0.938. The molecule has 214 valence electrons. The van der Waals surface area contributed by atoms with E-state index in [0.717, 1.165) is 17.5 Å². The van der Waals surface area contributed by atoms with Crippen LogP contribution >= 0.6 is 23.4 Å². The zero-order chi connectivity index (χ0) is 28.8. The maximum absolute atomic E-state index is 12.8. The molecule has 40 heavy (non-hydrogen) atoms. The summed E-state index contributed by atoms with van der Waals surface area (Å²) in [6.45, 7) is 5.53. The van der Waals surface area contributed by atoms with Gasteiger partial charge in [0.15, 0.2) is 28.0 Å². The second kappa shape index (κ2) is 10.7. The fourth-order valence-electron chi connectivity index (χ4n) is 4.57. The molecule has 0 radical (unpaired) electrons. The second-order valence-electron chi connectivity index (χ2n) is 8.99. The number of benzene rings is 1. The molecular formula is C23H25ClN5O8S3+. The zero-order valence-electron chi connectivity index (χ0n) is 21.1. The Balaban J connectivity index is 1.65. The van der Waals surface area contributed by atoms with Crippen LogP contribution in [-0.4, -0.2) is 55.9 Å². The molecule has 2 aliphatic rings. The minimum absolute atomic E-state index is 0.0841. The summed E-state index contributed by atoms with van der Waals surface area (Å²) in [4.78, 5) is 17.2. The predicted octanol–water partition coefficient (Wildman–Crippen LogP) is 2.44. The van der Waals surface area contributed by atoms with Gasteiger partial charge in [-0.1, -0.05) is 24.4 Å². The number of carbonyl (C=O) groups is 1. The Kier molecular flexibility index (Phi) is 7.56. The molecule has 3 aromatic rings. The molecule has 3 N–H and O–H groups in total. The van der Waals surface area contributed by atoms with Gasteiger partial charge in [-0.25, -0.2) is 17.6 Å².